The highest BCUT2D eigenvalue weighted by atomic mass is 16.3. The van der Waals surface area contributed by atoms with E-state index < -0.39 is 6.10 Å². The van der Waals surface area contributed by atoms with Gasteiger partial charge in [0, 0.05) is 13.1 Å². The number of β-amino-alcohol motifs (C(OH)–C–C–N with tert-alkyl or cyclic N) is 1. The van der Waals surface area contributed by atoms with Gasteiger partial charge < -0.3 is 14.9 Å². The van der Waals surface area contributed by atoms with Crippen molar-refractivity contribution in [3.05, 3.63) is 0 Å². The van der Waals surface area contributed by atoms with Gasteiger partial charge in [0.25, 0.3) is 0 Å². The molecule has 2 amide bonds. The van der Waals surface area contributed by atoms with Crippen LogP contribution in [0.25, 0.3) is 0 Å². The average Bonchev–Trinajstić information content (AvgIpc) is 2.25. The predicted molar refractivity (Wildman–Crippen MR) is 57.6 cm³/mol. The fourth-order valence-corrected chi connectivity index (χ4v) is 2.50. The minimum Gasteiger partial charge on any atom is -0.392 e. The molecule has 0 aromatic carbocycles. The lowest BCUT2D eigenvalue weighted by Crippen LogP contribution is -2.62. The van der Waals surface area contributed by atoms with Crippen LogP contribution in [0.1, 0.15) is 26.2 Å². The first-order chi connectivity index (χ1) is 7.59. The van der Waals surface area contributed by atoms with E-state index in [4.69, 9.17) is 0 Å². The number of hydrogen-bond donors (Lipinski definition) is 1. The Morgan fingerprint density at radius 3 is 2.88 bits per heavy atom. The van der Waals surface area contributed by atoms with Crippen LogP contribution in [0.3, 0.4) is 0 Å². The van der Waals surface area contributed by atoms with Gasteiger partial charge in [-0.2, -0.15) is 0 Å². The number of nitrogens with zero attached hydrogens (tertiary/aromatic N) is 2. The first-order valence-corrected chi connectivity index (χ1v) is 5.86. The molecule has 16 heavy (non-hydrogen) atoms. The third-order valence-electron chi connectivity index (χ3n) is 3.23. The van der Waals surface area contributed by atoms with Crippen LogP contribution in [0.4, 0.5) is 0 Å². The fourth-order valence-electron chi connectivity index (χ4n) is 2.50. The number of carbonyl (C=O) groups is 2. The number of carbonyl (C=O) groups excluding carboxylic acids is 2. The summed E-state index contributed by atoms with van der Waals surface area (Å²) in [5.41, 5.74) is 0. The van der Waals surface area contributed by atoms with Crippen molar-refractivity contribution in [3.8, 4) is 0 Å². The molecule has 2 saturated heterocycles. The number of fused-ring (bicyclic) bond motifs is 1. The molecule has 0 aromatic heterocycles. The van der Waals surface area contributed by atoms with Gasteiger partial charge in [0.15, 0.2) is 0 Å². The fraction of sp³-hybridized carbons (Fsp3) is 0.818. The molecule has 5 heteroatoms. The minimum atomic E-state index is -0.577. The first-order valence-electron chi connectivity index (χ1n) is 5.86. The molecule has 2 aliphatic rings. The summed E-state index contributed by atoms with van der Waals surface area (Å²) in [6, 6.07) is -0.270. The topological polar surface area (TPSA) is 60.9 Å². The molecule has 1 N–H and O–H groups in total. The van der Waals surface area contributed by atoms with Crippen molar-refractivity contribution < 1.29 is 14.7 Å². The summed E-state index contributed by atoms with van der Waals surface area (Å²) in [5, 5.41) is 9.29. The lowest BCUT2D eigenvalue weighted by Gasteiger charge is -2.43. The lowest BCUT2D eigenvalue weighted by molar-refractivity contribution is -0.158. The van der Waals surface area contributed by atoms with Crippen LogP contribution in [0.5, 0.6) is 0 Å². The third-order valence-corrected chi connectivity index (χ3v) is 3.23. The van der Waals surface area contributed by atoms with Gasteiger partial charge in [-0.15, -0.1) is 0 Å². The van der Waals surface area contributed by atoms with Gasteiger partial charge in [-0.05, 0) is 26.2 Å². The van der Waals surface area contributed by atoms with E-state index in [9.17, 15) is 14.7 Å². The van der Waals surface area contributed by atoms with Crippen LogP contribution in [0, 0.1) is 0 Å². The van der Waals surface area contributed by atoms with Crippen molar-refractivity contribution in [2.75, 3.05) is 19.6 Å². The van der Waals surface area contributed by atoms with Crippen LogP contribution < -0.4 is 0 Å². The van der Waals surface area contributed by atoms with Gasteiger partial charge in [0.05, 0.1) is 12.6 Å². The van der Waals surface area contributed by atoms with Crippen molar-refractivity contribution in [2.45, 2.75) is 38.3 Å². The largest absolute Gasteiger partial charge is 0.392 e. The first kappa shape index (κ1) is 11.4. The van der Waals surface area contributed by atoms with Crippen LogP contribution >= 0.6 is 0 Å². The molecule has 2 atom stereocenters. The van der Waals surface area contributed by atoms with E-state index in [0.717, 1.165) is 19.3 Å². The van der Waals surface area contributed by atoms with Crippen molar-refractivity contribution in [2.24, 2.45) is 0 Å². The Morgan fingerprint density at radius 1 is 1.44 bits per heavy atom. The number of rotatable bonds is 2. The number of hydrogen-bond acceptors (Lipinski definition) is 3. The van der Waals surface area contributed by atoms with Crippen molar-refractivity contribution in [3.63, 3.8) is 0 Å². The second-order valence-corrected chi connectivity index (χ2v) is 4.67. The molecule has 0 aromatic rings. The van der Waals surface area contributed by atoms with E-state index in [2.05, 4.69) is 0 Å². The molecule has 1 unspecified atom stereocenters. The summed E-state index contributed by atoms with van der Waals surface area (Å²) in [4.78, 5) is 27.1. The Labute approximate surface area is 95.0 Å². The Morgan fingerprint density at radius 2 is 2.19 bits per heavy atom. The van der Waals surface area contributed by atoms with E-state index >= 15 is 0 Å². The monoisotopic (exact) mass is 226 g/mol. The molecule has 2 rings (SSSR count). The van der Waals surface area contributed by atoms with Crippen LogP contribution in [-0.2, 0) is 9.59 Å². The van der Waals surface area contributed by atoms with E-state index in [1.165, 1.54) is 4.90 Å². The highest BCUT2D eigenvalue weighted by Crippen LogP contribution is 2.23. The molecule has 0 spiro atoms. The summed E-state index contributed by atoms with van der Waals surface area (Å²) in [5.74, 6) is 0.0187. The van der Waals surface area contributed by atoms with Crippen molar-refractivity contribution >= 4 is 11.8 Å². The van der Waals surface area contributed by atoms with Gasteiger partial charge in [-0.25, -0.2) is 0 Å². The second-order valence-electron chi connectivity index (χ2n) is 4.67. The summed E-state index contributed by atoms with van der Waals surface area (Å²) in [6.45, 7) is 2.72. The van der Waals surface area contributed by atoms with Gasteiger partial charge >= 0.3 is 0 Å². The quantitative estimate of drug-likeness (QED) is 0.696. The summed E-state index contributed by atoms with van der Waals surface area (Å²) in [7, 11) is 0. The van der Waals surface area contributed by atoms with E-state index in [1.807, 2.05) is 0 Å². The number of piperidine rings is 1. The maximum Gasteiger partial charge on any atom is 0.245 e. The summed E-state index contributed by atoms with van der Waals surface area (Å²) in [6.07, 6.45) is 2.18. The number of aliphatic hydroxyl groups is 1. The number of amides is 2. The molecule has 0 aliphatic carbocycles. The molecule has 0 bridgehead atoms. The second kappa shape index (κ2) is 4.41. The standard InChI is InChI=1S/C11H18N2O3/c1-8(14)6-12-7-10(15)13-5-3-2-4-9(13)11(12)16/h8-9,14H,2-7H2,1H3/t8-,9?/m0/s1. The molecule has 90 valence electrons. The predicted octanol–water partition coefficient (Wildman–Crippen LogP) is -0.409. The molecule has 0 radical (unpaired) electrons. The zero-order valence-electron chi connectivity index (χ0n) is 9.56. The van der Waals surface area contributed by atoms with E-state index in [1.54, 1.807) is 11.8 Å². The molecule has 5 nitrogen and oxygen atoms in total. The Bertz CT molecular complexity index is 304. The van der Waals surface area contributed by atoms with E-state index in [0.29, 0.717) is 6.54 Å². The maximum absolute atomic E-state index is 12.1. The highest BCUT2D eigenvalue weighted by molar-refractivity contribution is 5.95. The Kier molecular flexibility index (Phi) is 3.14. The molecular weight excluding hydrogens is 208 g/mol. The smallest absolute Gasteiger partial charge is 0.245 e. The maximum atomic E-state index is 12.1. The SMILES string of the molecule is C[C@H](O)CN1CC(=O)N2CCCCC2C1=O. The average molecular weight is 226 g/mol. The summed E-state index contributed by atoms with van der Waals surface area (Å²) < 4.78 is 0. The zero-order chi connectivity index (χ0) is 11.7. The Hall–Kier alpha value is -1.10. The molecule has 2 aliphatic heterocycles. The molecule has 2 fully saturated rings. The lowest BCUT2D eigenvalue weighted by atomic mass is 9.98. The van der Waals surface area contributed by atoms with Gasteiger partial charge in [0.1, 0.15) is 6.04 Å². The normalized spacial score (nSPS) is 28.0. The van der Waals surface area contributed by atoms with Crippen LogP contribution in [0.2, 0.25) is 0 Å². The number of aliphatic hydroxyl groups excluding tert-OH is 1. The van der Waals surface area contributed by atoms with Crippen LogP contribution in [-0.4, -0.2) is 58.5 Å². The van der Waals surface area contributed by atoms with Gasteiger partial charge in [-0.3, -0.25) is 9.59 Å². The third kappa shape index (κ3) is 2.04. The minimum absolute atomic E-state index is 0.000185. The van der Waals surface area contributed by atoms with Crippen molar-refractivity contribution in [1.29, 1.82) is 0 Å². The van der Waals surface area contributed by atoms with Gasteiger partial charge in [0.2, 0.25) is 11.8 Å². The van der Waals surface area contributed by atoms with Gasteiger partial charge in [-0.1, -0.05) is 0 Å². The Balaban J connectivity index is 2.10. The van der Waals surface area contributed by atoms with E-state index in [-0.39, 0.29) is 30.9 Å². The van der Waals surface area contributed by atoms with Crippen molar-refractivity contribution in [1.82, 2.24) is 9.80 Å². The highest BCUT2D eigenvalue weighted by Gasteiger charge is 2.40. The number of piperazine rings is 1. The summed E-state index contributed by atoms with van der Waals surface area (Å²) >= 11 is 0. The molecule has 2 heterocycles. The molecule has 0 saturated carbocycles. The zero-order valence-corrected chi connectivity index (χ0v) is 9.56. The molecular formula is C11H18N2O3. The van der Waals surface area contributed by atoms with Crippen LogP contribution in [0.15, 0.2) is 0 Å².